The molecule has 13 heavy (non-hydrogen) atoms. The van der Waals surface area contributed by atoms with Crippen LogP contribution in [0.25, 0.3) is 0 Å². The fourth-order valence-electron chi connectivity index (χ4n) is 0.875. The highest BCUT2D eigenvalue weighted by atomic mass is 16.1. The Morgan fingerprint density at radius 2 is 2.46 bits per heavy atom. The second-order valence-electron chi connectivity index (χ2n) is 2.55. The summed E-state index contributed by atoms with van der Waals surface area (Å²) < 4.78 is 0. The lowest BCUT2D eigenvalue weighted by atomic mass is 10.3. The van der Waals surface area contributed by atoms with Gasteiger partial charge in [0.15, 0.2) is 0 Å². The van der Waals surface area contributed by atoms with Gasteiger partial charge in [0.25, 0.3) is 5.91 Å². The average Bonchev–Trinajstić information content (AvgIpc) is 2.19. The van der Waals surface area contributed by atoms with E-state index >= 15 is 0 Å². The van der Waals surface area contributed by atoms with Crippen molar-refractivity contribution in [3.63, 3.8) is 0 Å². The fraction of sp³-hybridized carbons (Fsp3) is 0.200. The molecule has 3 heteroatoms. The summed E-state index contributed by atoms with van der Waals surface area (Å²) in [5.41, 5.74) is 0.451. The van der Waals surface area contributed by atoms with Crippen LogP contribution < -0.4 is 5.32 Å². The topological polar surface area (TPSA) is 42.0 Å². The number of hydrogen-bond donors (Lipinski definition) is 1. The highest BCUT2D eigenvalue weighted by Crippen LogP contribution is 1.92. The molecule has 0 atom stereocenters. The summed E-state index contributed by atoms with van der Waals surface area (Å²) in [7, 11) is 0. The Hall–Kier alpha value is -1.64. The molecule has 0 unspecified atom stereocenters. The third-order valence-corrected chi connectivity index (χ3v) is 1.53. The summed E-state index contributed by atoms with van der Waals surface area (Å²) in [6.45, 7) is 4.17. The molecule has 0 fully saturated rings. The molecule has 3 nitrogen and oxygen atoms in total. The number of carbonyl (C=O) groups excluding carboxylic acids is 1. The van der Waals surface area contributed by atoms with Crippen molar-refractivity contribution in [1.82, 2.24) is 10.3 Å². The Balaban J connectivity index is 2.45. The zero-order chi connectivity index (χ0) is 9.52. The predicted molar refractivity (Wildman–Crippen MR) is 51.4 cm³/mol. The second kappa shape index (κ2) is 5.09. The zero-order valence-electron chi connectivity index (χ0n) is 7.36. The second-order valence-corrected chi connectivity index (χ2v) is 2.55. The smallest absolute Gasteiger partial charge is 0.269 e. The van der Waals surface area contributed by atoms with E-state index in [2.05, 4.69) is 16.9 Å². The third-order valence-electron chi connectivity index (χ3n) is 1.53. The van der Waals surface area contributed by atoms with E-state index in [4.69, 9.17) is 0 Å². The summed E-state index contributed by atoms with van der Waals surface area (Å²) in [4.78, 5) is 15.2. The van der Waals surface area contributed by atoms with Crippen LogP contribution in [0.2, 0.25) is 0 Å². The molecule has 1 rings (SSSR count). The molecular weight excluding hydrogens is 164 g/mol. The van der Waals surface area contributed by atoms with Crippen LogP contribution in [0, 0.1) is 0 Å². The number of carbonyl (C=O) groups is 1. The molecule has 68 valence electrons. The van der Waals surface area contributed by atoms with E-state index < -0.39 is 0 Å². The SMILES string of the molecule is C=CCCNC(=O)c1ccccn1. The van der Waals surface area contributed by atoms with Gasteiger partial charge in [-0.15, -0.1) is 6.58 Å². The largest absolute Gasteiger partial charge is 0.350 e. The number of pyridine rings is 1. The van der Waals surface area contributed by atoms with Crippen molar-refractivity contribution in [2.45, 2.75) is 6.42 Å². The molecule has 0 aliphatic heterocycles. The number of aromatic nitrogens is 1. The zero-order valence-corrected chi connectivity index (χ0v) is 7.36. The van der Waals surface area contributed by atoms with Gasteiger partial charge < -0.3 is 5.32 Å². The molecule has 0 bridgehead atoms. The van der Waals surface area contributed by atoms with Crippen molar-refractivity contribution in [2.24, 2.45) is 0 Å². The Bertz CT molecular complexity index is 282. The first-order valence-electron chi connectivity index (χ1n) is 4.14. The lowest BCUT2D eigenvalue weighted by Crippen LogP contribution is -2.24. The van der Waals surface area contributed by atoms with Crippen molar-refractivity contribution < 1.29 is 4.79 Å². The normalized spacial score (nSPS) is 9.23. The predicted octanol–water partition coefficient (Wildman–Crippen LogP) is 1.39. The number of nitrogens with one attached hydrogen (secondary N) is 1. The van der Waals surface area contributed by atoms with Gasteiger partial charge in [0.2, 0.25) is 0 Å². The van der Waals surface area contributed by atoms with E-state index in [9.17, 15) is 4.79 Å². The number of amides is 1. The molecule has 1 aromatic rings. The molecule has 0 saturated heterocycles. The number of hydrogen-bond acceptors (Lipinski definition) is 2. The Labute approximate surface area is 77.5 Å². The first-order valence-corrected chi connectivity index (χ1v) is 4.14. The van der Waals surface area contributed by atoms with Crippen LogP contribution in [0.15, 0.2) is 37.1 Å². The first kappa shape index (κ1) is 9.45. The molecule has 0 aliphatic rings. The van der Waals surface area contributed by atoms with Gasteiger partial charge in [0.1, 0.15) is 5.69 Å². The Morgan fingerprint density at radius 1 is 1.62 bits per heavy atom. The van der Waals surface area contributed by atoms with Gasteiger partial charge in [-0.05, 0) is 18.6 Å². The van der Waals surface area contributed by atoms with Crippen molar-refractivity contribution in [3.05, 3.63) is 42.7 Å². The summed E-state index contributed by atoms with van der Waals surface area (Å²) >= 11 is 0. The van der Waals surface area contributed by atoms with E-state index in [0.29, 0.717) is 12.2 Å². The number of rotatable bonds is 4. The fourth-order valence-corrected chi connectivity index (χ4v) is 0.875. The van der Waals surface area contributed by atoms with Crippen molar-refractivity contribution in [3.8, 4) is 0 Å². The monoisotopic (exact) mass is 176 g/mol. The maximum Gasteiger partial charge on any atom is 0.269 e. The summed E-state index contributed by atoms with van der Waals surface area (Å²) in [6.07, 6.45) is 4.14. The maximum absolute atomic E-state index is 11.3. The first-order chi connectivity index (χ1) is 6.34. The van der Waals surface area contributed by atoms with E-state index in [1.165, 1.54) is 0 Å². The molecule has 0 aromatic carbocycles. The van der Waals surface area contributed by atoms with E-state index in [-0.39, 0.29) is 5.91 Å². The summed E-state index contributed by atoms with van der Waals surface area (Å²) in [5.74, 6) is -0.137. The van der Waals surface area contributed by atoms with Gasteiger partial charge in [0.05, 0.1) is 0 Å². The lowest BCUT2D eigenvalue weighted by molar-refractivity contribution is 0.0949. The van der Waals surface area contributed by atoms with Crippen LogP contribution in [0.3, 0.4) is 0 Å². The highest BCUT2D eigenvalue weighted by Gasteiger charge is 2.03. The minimum Gasteiger partial charge on any atom is -0.350 e. The van der Waals surface area contributed by atoms with Crippen LogP contribution >= 0.6 is 0 Å². The van der Waals surface area contributed by atoms with Gasteiger partial charge in [-0.3, -0.25) is 9.78 Å². The van der Waals surface area contributed by atoms with Crippen molar-refractivity contribution in [1.29, 1.82) is 0 Å². The van der Waals surface area contributed by atoms with Crippen molar-refractivity contribution >= 4 is 5.91 Å². The molecule has 1 amide bonds. The molecule has 0 saturated carbocycles. The quantitative estimate of drug-likeness (QED) is 0.556. The van der Waals surface area contributed by atoms with E-state index in [1.54, 1.807) is 30.5 Å². The van der Waals surface area contributed by atoms with Gasteiger partial charge in [-0.2, -0.15) is 0 Å². The Morgan fingerprint density at radius 3 is 3.08 bits per heavy atom. The summed E-state index contributed by atoms with van der Waals surface area (Å²) in [6, 6.07) is 5.25. The standard InChI is InChI=1S/C10H12N2O/c1-2-3-7-12-10(13)9-6-4-5-8-11-9/h2,4-6,8H,1,3,7H2,(H,12,13). The highest BCUT2D eigenvalue weighted by molar-refractivity contribution is 5.92. The van der Waals surface area contributed by atoms with Crippen molar-refractivity contribution in [2.75, 3.05) is 6.54 Å². The minimum atomic E-state index is -0.137. The van der Waals surface area contributed by atoms with Gasteiger partial charge in [-0.25, -0.2) is 0 Å². The van der Waals surface area contributed by atoms with Crippen LogP contribution in [0.5, 0.6) is 0 Å². The van der Waals surface area contributed by atoms with Crippen LogP contribution in [-0.2, 0) is 0 Å². The van der Waals surface area contributed by atoms with Crippen LogP contribution in [0.4, 0.5) is 0 Å². The third kappa shape index (κ3) is 3.07. The summed E-state index contributed by atoms with van der Waals surface area (Å²) in [5, 5.41) is 2.73. The number of nitrogens with zero attached hydrogens (tertiary/aromatic N) is 1. The average molecular weight is 176 g/mol. The molecule has 0 radical (unpaired) electrons. The molecule has 1 N–H and O–H groups in total. The van der Waals surface area contributed by atoms with Gasteiger partial charge in [-0.1, -0.05) is 12.1 Å². The molecular formula is C10H12N2O. The molecule has 0 spiro atoms. The van der Waals surface area contributed by atoms with Crippen LogP contribution in [0.1, 0.15) is 16.9 Å². The van der Waals surface area contributed by atoms with E-state index in [0.717, 1.165) is 6.42 Å². The lowest BCUT2D eigenvalue weighted by Gasteiger charge is -2.01. The van der Waals surface area contributed by atoms with Gasteiger partial charge in [0, 0.05) is 12.7 Å². The van der Waals surface area contributed by atoms with Crippen LogP contribution in [-0.4, -0.2) is 17.4 Å². The molecule has 0 aliphatic carbocycles. The minimum absolute atomic E-state index is 0.137. The maximum atomic E-state index is 11.3. The Kier molecular flexibility index (Phi) is 3.70. The van der Waals surface area contributed by atoms with Gasteiger partial charge >= 0.3 is 0 Å². The van der Waals surface area contributed by atoms with E-state index in [1.807, 2.05) is 0 Å². The molecule has 1 aromatic heterocycles. The molecule has 1 heterocycles.